The molecule has 1 aliphatic carbocycles. The van der Waals surface area contributed by atoms with E-state index in [-0.39, 0.29) is 45.9 Å². The molecule has 0 fully saturated rings. The normalized spacial score (nSPS) is 11.2. The van der Waals surface area contributed by atoms with E-state index in [0.717, 1.165) is 32.1 Å². The van der Waals surface area contributed by atoms with Crippen molar-refractivity contribution < 1.29 is 18.7 Å². The van der Waals surface area contributed by atoms with Crippen LogP contribution in [0.25, 0.3) is 22.6 Å². The number of hydrogen-bond acceptors (Lipinski definition) is 6. The predicted molar refractivity (Wildman–Crippen MR) is 120 cm³/mol. The molecule has 6 nitrogen and oxygen atoms in total. The van der Waals surface area contributed by atoms with Gasteiger partial charge in [0, 0.05) is 18.9 Å². The standard InChI is InChI=1S/C24H26ClNO5/c1-3-5-6-7-8-10-22(29)30-20-14-21-17(13-15(20)25)26-16-11-12-19(28)23(24(16)31-21)18(27)9-4-2/h11-14H,3-10H2,1-2H3. The summed E-state index contributed by atoms with van der Waals surface area (Å²) in [6.07, 6.45) is 6.29. The van der Waals surface area contributed by atoms with Crippen molar-refractivity contribution in [2.24, 2.45) is 0 Å². The average Bonchev–Trinajstić information content (AvgIpc) is 2.73. The zero-order valence-corrected chi connectivity index (χ0v) is 18.6. The number of aromatic nitrogens is 1. The van der Waals surface area contributed by atoms with Gasteiger partial charge in [-0.05, 0) is 31.0 Å². The number of carbonyl (C=O) groups excluding carboxylic acids is 2. The van der Waals surface area contributed by atoms with Crippen LogP contribution in [-0.2, 0) is 4.79 Å². The summed E-state index contributed by atoms with van der Waals surface area (Å²) >= 11 is 6.29. The molecule has 0 amide bonds. The van der Waals surface area contributed by atoms with Crippen LogP contribution in [0.2, 0.25) is 5.02 Å². The zero-order valence-electron chi connectivity index (χ0n) is 17.8. The molecule has 0 radical (unpaired) electrons. The molecule has 1 heterocycles. The Bertz CT molecular complexity index is 1120. The topological polar surface area (TPSA) is 86.5 Å². The number of halogens is 1. The Kier molecular flexibility index (Phi) is 7.80. The van der Waals surface area contributed by atoms with Gasteiger partial charge in [-0.15, -0.1) is 0 Å². The third kappa shape index (κ3) is 5.50. The van der Waals surface area contributed by atoms with Gasteiger partial charge in [0.1, 0.15) is 16.8 Å². The first-order valence-corrected chi connectivity index (χ1v) is 11.1. The van der Waals surface area contributed by atoms with Crippen LogP contribution in [0, 0.1) is 0 Å². The molecule has 31 heavy (non-hydrogen) atoms. The monoisotopic (exact) mass is 443 g/mol. The highest BCUT2D eigenvalue weighted by Crippen LogP contribution is 2.34. The van der Waals surface area contributed by atoms with E-state index in [9.17, 15) is 14.4 Å². The lowest BCUT2D eigenvalue weighted by molar-refractivity contribution is -0.134. The van der Waals surface area contributed by atoms with Gasteiger partial charge in [-0.1, -0.05) is 51.1 Å². The number of fused-ring (bicyclic) bond motifs is 2. The number of benzene rings is 2. The highest BCUT2D eigenvalue weighted by atomic mass is 35.5. The molecule has 3 rings (SSSR count). The first-order chi connectivity index (χ1) is 14.9. The summed E-state index contributed by atoms with van der Waals surface area (Å²) in [6, 6.07) is 5.86. The summed E-state index contributed by atoms with van der Waals surface area (Å²) in [5.74, 6) is -0.356. The number of carbonyl (C=O) groups is 2. The van der Waals surface area contributed by atoms with E-state index in [4.69, 9.17) is 20.8 Å². The van der Waals surface area contributed by atoms with Crippen molar-refractivity contribution in [2.45, 2.75) is 65.2 Å². The number of ether oxygens (including phenoxy) is 1. The number of esters is 1. The van der Waals surface area contributed by atoms with Crippen LogP contribution < -0.4 is 10.2 Å². The van der Waals surface area contributed by atoms with Crippen LogP contribution in [0.3, 0.4) is 0 Å². The fourth-order valence-electron chi connectivity index (χ4n) is 3.42. The molecule has 0 saturated heterocycles. The average molecular weight is 444 g/mol. The SMILES string of the molecule is CCCCCCCC(=O)Oc1cc2oc3c(C(=O)CCC)c(=O)ccc-3nc2cc1Cl. The third-order valence-electron chi connectivity index (χ3n) is 5.03. The minimum absolute atomic E-state index is 0.00526. The van der Waals surface area contributed by atoms with Gasteiger partial charge < -0.3 is 9.15 Å². The van der Waals surface area contributed by atoms with Crippen molar-refractivity contribution in [1.29, 1.82) is 0 Å². The molecule has 0 saturated carbocycles. The van der Waals surface area contributed by atoms with E-state index in [2.05, 4.69) is 11.9 Å². The second-order valence-corrected chi connectivity index (χ2v) is 7.97. The van der Waals surface area contributed by atoms with E-state index in [1.54, 1.807) is 6.07 Å². The maximum atomic E-state index is 12.5. The van der Waals surface area contributed by atoms with Gasteiger partial charge >= 0.3 is 5.97 Å². The lowest BCUT2D eigenvalue weighted by Gasteiger charge is -2.12. The largest absolute Gasteiger partial charge is 0.452 e. The number of unbranched alkanes of at least 4 members (excludes halogenated alkanes) is 4. The molecule has 1 aliphatic heterocycles. The third-order valence-corrected chi connectivity index (χ3v) is 5.32. The summed E-state index contributed by atoms with van der Waals surface area (Å²) in [5, 5.41) is 0.233. The molecule has 0 aromatic heterocycles. The van der Waals surface area contributed by atoms with Crippen molar-refractivity contribution in [3.05, 3.63) is 45.1 Å². The summed E-state index contributed by atoms with van der Waals surface area (Å²) in [6.45, 7) is 4.00. The highest BCUT2D eigenvalue weighted by Gasteiger charge is 2.23. The van der Waals surface area contributed by atoms with Gasteiger partial charge in [-0.2, -0.15) is 0 Å². The van der Waals surface area contributed by atoms with E-state index in [1.807, 2.05) is 6.92 Å². The summed E-state index contributed by atoms with van der Waals surface area (Å²) in [5.41, 5.74) is 0.691. The van der Waals surface area contributed by atoms with E-state index >= 15 is 0 Å². The summed E-state index contributed by atoms with van der Waals surface area (Å²) in [4.78, 5) is 41.5. The van der Waals surface area contributed by atoms with Gasteiger partial charge in [-0.25, -0.2) is 4.98 Å². The van der Waals surface area contributed by atoms with Crippen LogP contribution in [0.1, 0.15) is 75.6 Å². The minimum atomic E-state index is -0.403. The first-order valence-electron chi connectivity index (χ1n) is 10.8. The molecule has 2 aliphatic rings. The maximum absolute atomic E-state index is 12.5. The predicted octanol–water partition coefficient (Wildman–Crippen LogP) is 6.19. The van der Waals surface area contributed by atoms with Crippen molar-refractivity contribution in [3.8, 4) is 17.2 Å². The van der Waals surface area contributed by atoms with Gasteiger partial charge in [0.05, 0.1) is 5.02 Å². The number of nitrogens with zero attached hydrogens (tertiary/aromatic N) is 1. The molecule has 1 aromatic rings. The first kappa shape index (κ1) is 22.9. The van der Waals surface area contributed by atoms with E-state index in [0.29, 0.717) is 24.1 Å². The molecule has 7 heteroatoms. The Morgan fingerprint density at radius 1 is 1.03 bits per heavy atom. The second kappa shape index (κ2) is 10.5. The van der Waals surface area contributed by atoms with Crippen molar-refractivity contribution in [3.63, 3.8) is 0 Å². The molecule has 1 aromatic carbocycles. The lowest BCUT2D eigenvalue weighted by atomic mass is 10.0. The summed E-state index contributed by atoms with van der Waals surface area (Å²) in [7, 11) is 0. The van der Waals surface area contributed by atoms with E-state index < -0.39 is 5.43 Å². The number of ketones is 1. The van der Waals surface area contributed by atoms with E-state index in [1.165, 1.54) is 18.2 Å². The molecule has 0 unspecified atom stereocenters. The molecule has 0 N–H and O–H groups in total. The number of hydrogen-bond donors (Lipinski definition) is 0. The molecule has 164 valence electrons. The Morgan fingerprint density at radius 3 is 2.55 bits per heavy atom. The summed E-state index contributed by atoms with van der Waals surface area (Å²) < 4.78 is 11.3. The van der Waals surface area contributed by atoms with Gasteiger partial charge in [-0.3, -0.25) is 14.4 Å². The van der Waals surface area contributed by atoms with Crippen molar-refractivity contribution in [1.82, 2.24) is 4.98 Å². The number of rotatable bonds is 10. The van der Waals surface area contributed by atoms with Gasteiger partial charge in [0.2, 0.25) is 0 Å². The molecular formula is C24H26ClNO5. The quantitative estimate of drug-likeness (QED) is 0.122. The lowest BCUT2D eigenvalue weighted by Crippen LogP contribution is -2.16. The molecule has 0 atom stereocenters. The van der Waals surface area contributed by atoms with Gasteiger partial charge in [0.25, 0.3) is 0 Å². The van der Waals surface area contributed by atoms with Crippen LogP contribution in [0.15, 0.2) is 33.5 Å². The number of Topliss-reactive ketones (excluding diaryl/α,β-unsaturated/α-hetero) is 1. The Hall–Kier alpha value is -2.73. The van der Waals surface area contributed by atoms with Crippen molar-refractivity contribution in [2.75, 3.05) is 0 Å². The van der Waals surface area contributed by atoms with Crippen LogP contribution in [-0.4, -0.2) is 16.7 Å². The van der Waals surface area contributed by atoms with Crippen molar-refractivity contribution >= 4 is 34.5 Å². The molecule has 0 bridgehead atoms. The smallest absolute Gasteiger partial charge is 0.311 e. The Balaban J connectivity index is 1.91. The van der Waals surface area contributed by atoms with Crippen LogP contribution >= 0.6 is 11.6 Å². The second-order valence-electron chi connectivity index (χ2n) is 7.56. The Labute approximate surface area is 185 Å². The van der Waals surface area contributed by atoms with Gasteiger partial charge in [0.15, 0.2) is 28.3 Å². The maximum Gasteiger partial charge on any atom is 0.311 e. The zero-order chi connectivity index (χ0) is 22.4. The highest BCUT2D eigenvalue weighted by molar-refractivity contribution is 6.32. The minimum Gasteiger partial charge on any atom is -0.452 e. The van der Waals surface area contributed by atoms with Crippen LogP contribution in [0.4, 0.5) is 0 Å². The molecular weight excluding hydrogens is 418 g/mol. The fraction of sp³-hybridized carbons (Fsp3) is 0.417. The Morgan fingerprint density at radius 2 is 1.81 bits per heavy atom. The fourth-order valence-corrected chi connectivity index (χ4v) is 3.62. The molecule has 0 spiro atoms. The van der Waals surface area contributed by atoms with Crippen LogP contribution in [0.5, 0.6) is 5.75 Å².